The highest BCUT2D eigenvalue weighted by molar-refractivity contribution is 5.17. The van der Waals surface area contributed by atoms with Gasteiger partial charge in [-0.15, -0.1) is 0 Å². The lowest BCUT2D eigenvalue weighted by Gasteiger charge is -2.25. The molecule has 3 nitrogen and oxygen atoms in total. The van der Waals surface area contributed by atoms with Gasteiger partial charge in [0, 0.05) is 6.54 Å². The van der Waals surface area contributed by atoms with Gasteiger partial charge < -0.3 is 10.4 Å². The molecular formula is C11H16N2O. The van der Waals surface area contributed by atoms with E-state index in [1.807, 2.05) is 6.07 Å². The van der Waals surface area contributed by atoms with Gasteiger partial charge in [0.2, 0.25) is 0 Å². The topological polar surface area (TPSA) is 45.1 Å². The van der Waals surface area contributed by atoms with E-state index in [4.69, 9.17) is 5.11 Å². The highest BCUT2D eigenvalue weighted by Crippen LogP contribution is 2.25. The first-order valence-corrected chi connectivity index (χ1v) is 5.19. The molecule has 0 radical (unpaired) electrons. The molecule has 1 aliphatic carbocycles. The van der Waals surface area contributed by atoms with E-state index in [2.05, 4.69) is 10.3 Å². The van der Waals surface area contributed by atoms with Crippen LogP contribution in [-0.4, -0.2) is 16.6 Å². The molecule has 0 unspecified atom stereocenters. The van der Waals surface area contributed by atoms with Gasteiger partial charge >= 0.3 is 0 Å². The number of nitrogens with zero attached hydrogens (tertiary/aromatic N) is 1. The zero-order valence-electron chi connectivity index (χ0n) is 8.24. The predicted molar refractivity (Wildman–Crippen MR) is 54.9 cm³/mol. The van der Waals surface area contributed by atoms with Crippen molar-refractivity contribution in [2.75, 3.05) is 6.54 Å². The van der Waals surface area contributed by atoms with E-state index < -0.39 is 0 Å². The van der Waals surface area contributed by atoms with E-state index in [9.17, 15) is 0 Å². The van der Waals surface area contributed by atoms with Crippen LogP contribution in [0.4, 0.5) is 0 Å². The Hall–Kier alpha value is -1.09. The lowest BCUT2D eigenvalue weighted by molar-refractivity contribution is 0.301. The predicted octanol–water partition coefficient (Wildman–Crippen LogP) is 1.68. The van der Waals surface area contributed by atoms with Crippen LogP contribution in [0.25, 0.3) is 0 Å². The Morgan fingerprint density at radius 3 is 2.86 bits per heavy atom. The summed E-state index contributed by atoms with van der Waals surface area (Å²) < 4.78 is 0. The van der Waals surface area contributed by atoms with Gasteiger partial charge in [0.25, 0.3) is 0 Å². The van der Waals surface area contributed by atoms with Crippen LogP contribution < -0.4 is 5.32 Å². The molecule has 0 amide bonds. The molecule has 1 aromatic rings. The molecule has 76 valence electrons. The average Bonchev–Trinajstić information content (AvgIpc) is 2.12. The Bertz CT molecular complexity index is 280. The van der Waals surface area contributed by atoms with E-state index in [1.165, 1.54) is 25.5 Å². The lowest BCUT2D eigenvalue weighted by Crippen LogP contribution is -2.27. The molecule has 0 bridgehead atoms. The van der Waals surface area contributed by atoms with Gasteiger partial charge in [-0.3, -0.25) is 4.98 Å². The molecule has 0 atom stereocenters. The molecule has 1 aliphatic rings. The fourth-order valence-electron chi connectivity index (χ4n) is 1.62. The summed E-state index contributed by atoms with van der Waals surface area (Å²) in [6.45, 7) is 1.90. The first kappa shape index (κ1) is 9.46. The minimum Gasteiger partial charge on any atom is -0.506 e. The third kappa shape index (κ3) is 2.45. The SMILES string of the molecule is Oc1ccc(CNCC2CCC2)nc1. The van der Waals surface area contributed by atoms with Gasteiger partial charge in [0.1, 0.15) is 5.75 Å². The van der Waals surface area contributed by atoms with Crippen LogP contribution in [0.3, 0.4) is 0 Å². The van der Waals surface area contributed by atoms with Crippen LogP contribution in [0.15, 0.2) is 18.3 Å². The number of pyridine rings is 1. The Morgan fingerprint density at radius 1 is 1.43 bits per heavy atom. The van der Waals surface area contributed by atoms with Gasteiger partial charge in [-0.25, -0.2) is 0 Å². The summed E-state index contributed by atoms with van der Waals surface area (Å²) in [5.74, 6) is 1.11. The highest BCUT2D eigenvalue weighted by atomic mass is 16.3. The van der Waals surface area contributed by atoms with Crippen molar-refractivity contribution in [2.45, 2.75) is 25.8 Å². The average molecular weight is 192 g/mol. The smallest absolute Gasteiger partial charge is 0.133 e. The lowest BCUT2D eigenvalue weighted by atomic mass is 9.85. The molecule has 1 heterocycles. The maximum atomic E-state index is 9.03. The van der Waals surface area contributed by atoms with Crippen molar-refractivity contribution in [2.24, 2.45) is 5.92 Å². The highest BCUT2D eigenvalue weighted by Gasteiger charge is 2.16. The summed E-state index contributed by atoms with van der Waals surface area (Å²) in [6, 6.07) is 3.52. The maximum Gasteiger partial charge on any atom is 0.133 e. The largest absolute Gasteiger partial charge is 0.506 e. The molecule has 0 saturated heterocycles. The van der Waals surface area contributed by atoms with Crippen molar-refractivity contribution < 1.29 is 5.11 Å². The third-order valence-corrected chi connectivity index (χ3v) is 2.77. The van der Waals surface area contributed by atoms with E-state index in [0.717, 1.165) is 24.7 Å². The van der Waals surface area contributed by atoms with E-state index in [-0.39, 0.29) is 5.75 Å². The summed E-state index contributed by atoms with van der Waals surface area (Å²) in [5, 5.41) is 12.4. The first-order valence-electron chi connectivity index (χ1n) is 5.19. The monoisotopic (exact) mass is 192 g/mol. The zero-order valence-corrected chi connectivity index (χ0v) is 8.24. The fraction of sp³-hybridized carbons (Fsp3) is 0.545. The van der Waals surface area contributed by atoms with E-state index in [1.54, 1.807) is 6.07 Å². The summed E-state index contributed by atoms with van der Waals surface area (Å²) in [7, 11) is 0. The molecule has 0 aliphatic heterocycles. The quantitative estimate of drug-likeness (QED) is 0.762. The van der Waals surface area contributed by atoms with Crippen LogP contribution in [-0.2, 0) is 6.54 Å². The Balaban J connectivity index is 1.71. The second kappa shape index (κ2) is 4.42. The zero-order chi connectivity index (χ0) is 9.80. The molecule has 1 saturated carbocycles. The van der Waals surface area contributed by atoms with Gasteiger partial charge in [0.05, 0.1) is 11.9 Å². The maximum absolute atomic E-state index is 9.03. The van der Waals surface area contributed by atoms with Crippen LogP contribution in [0.2, 0.25) is 0 Å². The Morgan fingerprint density at radius 2 is 2.29 bits per heavy atom. The summed E-state index contributed by atoms with van der Waals surface area (Å²) in [4.78, 5) is 4.11. The third-order valence-electron chi connectivity index (χ3n) is 2.77. The van der Waals surface area contributed by atoms with E-state index in [0.29, 0.717) is 0 Å². The summed E-state index contributed by atoms with van der Waals surface area (Å²) in [5.41, 5.74) is 0.988. The van der Waals surface area contributed by atoms with Crippen molar-refractivity contribution in [3.63, 3.8) is 0 Å². The molecule has 0 aromatic carbocycles. The van der Waals surface area contributed by atoms with Crippen LogP contribution in [0.1, 0.15) is 25.0 Å². The van der Waals surface area contributed by atoms with Gasteiger partial charge in [-0.2, -0.15) is 0 Å². The second-order valence-corrected chi connectivity index (χ2v) is 3.94. The van der Waals surface area contributed by atoms with Gasteiger partial charge in [0.15, 0.2) is 0 Å². The van der Waals surface area contributed by atoms with Crippen LogP contribution in [0, 0.1) is 5.92 Å². The molecule has 2 N–H and O–H groups in total. The normalized spacial score (nSPS) is 16.6. The molecule has 14 heavy (non-hydrogen) atoms. The number of hydrogen-bond acceptors (Lipinski definition) is 3. The van der Waals surface area contributed by atoms with Crippen molar-refractivity contribution in [1.29, 1.82) is 0 Å². The molecule has 0 spiro atoms. The summed E-state index contributed by atoms with van der Waals surface area (Å²) in [6.07, 6.45) is 5.62. The summed E-state index contributed by atoms with van der Waals surface area (Å²) >= 11 is 0. The molecule has 1 aromatic heterocycles. The van der Waals surface area contributed by atoms with E-state index >= 15 is 0 Å². The molecular weight excluding hydrogens is 176 g/mol. The van der Waals surface area contributed by atoms with Crippen LogP contribution in [0.5, 0.6) is 5.75 Å². The van der Waals surface area contributed by atoms with Crippen molar-refractivity contribution in [3.8, 4) is 5.75 Å². The van der Waals surface area contributed by atoms with Gasteiger partial charge in [-0.05, 0) is 37.4 Å². The van der Waals surface area contributed by atoms with Crippen molar-refractivity contribution in [1.82, 2.24) is 10.3 Å². The Labute approximate surface area is 84.2 Å². The fourth-order valence-corrected chi connectivity index (χ4v) is 1.62. The van der Waals surface area contributed by atoms with Crippen LogP contribution >= 0.6 is 0 Å². The van der Waals surface area contributed by atoms with Gasteiger partial charge in [-0.1, -0.05) is 6.42 Å². The minimum atomic E-state index is 0.229. The first-order chi connectivity index (χ1) is 6.84. The molecule has 1 fully saturated rings. The van der Waals surface area contributed by atoms with Crippen molar-refractivity contribution in [3.05, 3.63) is 24.0 Å². The number of aromatic hydroxyl groups is 1. The minimum absolute atomic E-state index is 0.229. The number of nitrogens with one attached hydrogen (secondary N) is 1. The standard InChI is InChI=1S/C11H16N2O/c14-11-5-4-10(13-8-11)7-12-6-9-2-1-3-9/h4-5,8-9,12,14H,1-3,6-7H2. The second-order valence-electron chi connectivity index (χ2n) is 3.94. The van der Waals surface area contributed by atoms with Crippen molar-refractivity contribution >= 4 is 0 Å². The number of rotatable bonds is 4. The number of aromatic nitrogens is 1. The molecule has 2 rings (SSSR count). The Kier molecular flexibility index (Phi) is 2.99. The molecule has 3 heteroatoms. The number of hydrogen-bond donors (Lipinski definition) is 2.